The molecule has 23 heavy (non-hydrogen) atoms. The first-order valence-electron chi connectivity index (χ1n) is 6.66. The summed E-state index contributed by atoms with van der Waals surface area (Å²) in [6, 6.07) is 10.1. The largest absolute Gasteiger partial charge is 0.465 e. The highest BCUT2D eigenvalue weighted by Crippen LogP contribution is 2.19. The van der Waals surface area contributed by atoms with Crippen LogP contribution < -0.4 is 5.32 Å². The number of nitriles is 1. The van der Waals surface area contributed by atoms with E-state index in [1.165, 1.54) is 25.3 Å². The molecular weight excluding hydrogens is 299 g/mol. The van der Waals surface area contributed by atoms with Gasteiger partial charge in [0.05, 0.1) is 29.9 Å². The molecule has 0 saturated carbocycles. The van der Waals surface area contributed by atoms with Gasteiger partial charge in [-0.25, -0.2) is 9.18 Å². The number of benzene rings is 2. The number of methoxy groups -OCH3 is 1. The number of nitrogens with zero attached hydrogens (tertiary/aromatic N) is 1. The van der Waals surface area contributed by atoms with Crippen LogP contribution in [0.15, 0.2) is 36.4 Å². The van der Waals surface area contributed by atoms with E-state index in [-0.39, 0.29) is 16.7 Å². The van der Waals surface area contributed by atoms with Gasteiger partial charge in [-0.1, -0.05) is 6.07 Å². The van der Waals surface area contributed by atoms with E-state index in [1.807, 2.05) is 0 Å². The van der Waals surface area contributed by atoms with Gasteiger partial charge in [-0.2, -0.15) is 5.26 Å². The normalized spacial score (nSPS) is 9.83. The molecule has 1 N–H and O–H groups in total. The molecule has 0 radical (unpaired) electrons. The Hall–Kier alpha value is -3.20. The number of rotatable bonds is 3. The van der Waals surface area contributed by atoms with E-state index in [4.69, 9.17) is 5.26 Å². The molecule has 2 aromatic carbocycles. The van der Waals surface area contributed by atoms with Gasteiger partial charge in [0.1, 0.15) is 5.82 Å². The fourth-order valence-corrected chi connectivity index (χ4v) is 1.96. The van der Waals surface area contributed by atoms with Crippen LogP contribution in [0.5, 0.6) is 0 Å². The van der Waals surface area contributed by atoms with Crippen molar-refractivity contribution in [1.82, 2.24) is 0 Å². The van der Waals surface area contributed by atoms with Crippen molar-refractivity contribution in [1.29, 1.82) is 5.26 Å². The minimum absolute atomic E-state index is 0.128. The Morgan fingerprint density at radius 2 is 1.96 bits per heavy atom. The monoisotopic (exact) mass is 312 g/mol. The van der Waals surface area contributed by atoms with Gasteiger partial charge in [0.2, 0.25) is 0 Å². The van der Waals surface area contributed by atoms with E-state index in [1.54, 1.807) is 25.1 Å². The first-order chi connectivity index (χ1) is 11.0. The molecule has 1 amide bonds. The Morgan fingerprint density at radius 3 is 2.57 bits per heavy atom. The third-order valence-corrected chi connectivity index (χ3v) is 3.25. The Labute approximate surface area is 132 Å². The maximum Gasteiger partial charge on any atom is 0.337 e. The highest BCUT2D eigenvalue weighted by Gasteiger charge is 2.15. The number of carbonyl (C=O) groups is 2. The fourth-order valence-electron chi connectivity index (χ4n) is 1.96. The predicted molar refractivity (Wildman–Crippen MR) is 81.6 cm³/mol. The van der Waals surface area contributed by atoms with Crippen molar-refractivity contribution in [2.45, 2.75) is 6.92 Å². The lowest BCUT2D eigenvalue weighted by molar-refractivity contribution is 0.0600. The first kappa shape index (κ1) is 16.2. The van der Waals surface area contributed by atoms with Crippen LogP contribution in [0.25, 0.3) is 0 Å². The second kappa shape index (κ2) is 6.71. The van der Waals surface area contributed by atoms with E-state index < -0.39 is 17.7 Å². The molecular formula is C17H13FN2O3. The summed E-state index contributed by atoms with van der Waals surface area (Å²) < 4.78 is 18.5. The van der Waals surface area contributed by atoms with Crippen molar-refractivity contribution in [3.05, 3.63) is 64.5 Å². The number of ether oxygens (including phenoxy) is 1. The molecule has 0 aliphatic rings. The van der Waals surface area contributed by atoms with Crippen LogP contribution in [0.3, 0.4) is 0 Å². The zero-order valence-electron chi connectivity index (χ0n) is 12.5. The summed E-state index contributed by atoms with van der Waals surface area (Å²) in [5.41, 5.74) is 1.30. The lowest BCUT2D eigenvalue weighted by Crippen LogP contribution is -2.15. The molecule has 0 unspecified atom stereocenters. The van der Waals surface area contributed by atoms with Gasteiger partial charge in [-0.05, 0) is 42.8 Å². The topological polar surface area (TPSA) is 79.2 Å². The third-order valence-electron chi connectivity index (χ3n) is 3.25. The van der Waals surface area contributed by atoms with Gasteiger partial charge < -0.3 is 10.1 Å². The van der Waals surface area contributed by atoms with Crippen molar-refractivity contribution >= 4 is 17.6 Å². The minimum Gasteiger partial charge on any atom is -0.465 e. The second-order valence-electron chi connectivity index (χ2n) is 4.78. The molecule has 0 aliphatic carbocycles. The van der Waals surface area contributed by atoms with Crippen molar-refractivity contribution in [2.75, 3.05) is 12.4 Å². The minimum atomic E-state index is -0.789. The van der Waals surface area contributed by atoms with Crippen molar-refractivity contribution in [3.8, 4) is 6.07 Å². The number of esters is 1. The number of amides is 1. The van der Waals surface area contributed by atoms with Crippen molar-refractivity contribution in [3.63, 3.8) is 0 Å². The quantitative estimate of drug-likeness (QED) is 0.883. The number of halogens is 1. The van der Waals surface area contributed by atoms with Crippen LogP contribution in [0.1, 0.15) is 31.8 Å². The van der Waals surface area contributed by atoms with Crippen LogP contribution in [0.2, 0.25) is 0 Å². The summed E-state index contributed by atoms with van der Waals surface area (Å²) in [5.74, 6) is -1.99. The zero-order valence-corrected chi connectivity index (χ0v) is 12.5. The number of hydrogen-bond acceptors (Lipinski definition) is 4. The summed E-state index contributed by atoms with van der Waals surface area (Å²) in [7, 11) is 1.26. The van der Waals surface area contributed by atoms with Gasteiger partial charge in [-0.3, -0.25) is 4.79 Å². The highest BCUT2D eigenvalue weighted by molar-refractivity contribution is 6.05. The predicted octanol–water partition coefficient (Wildman–Crippen LogP) is 3.04. The average molecular weight is 312 g/mol. The Morgan fingerprint density at radius 1 is 1.22 bits per heavy atom. The molecule has 0 fully saturated rings. The Bertz CT molecular complexity index is 825. The number of aryl methyl sites for hydroxylation is 1. The maximum atomic E-state index is 13.9. The standard InChI is InChI=1S/C17H13FN2O3/c1-10-3-5-12(17(22)23-2)8-15(10)20-16(21)13-6-4-11(9-19)7-14(13)18/h3-8H,1-2H3,(H,20,21). The smallest absolute Gasteiger partial charge is 0.337 e. The number of carbonyl (C=O) groups excluding carboxylic acids is 2. The summed E-state index contributed by atoms with van der Waals surface area (Å²) in [6.07, 6.45) is 0. The first-order valence-corrected chi connectivity index (χ1v) is 6.66. The van der Waals surface area contributed by atoms with Crippen LogP contribution in [-0.4, -0.2) is 19.0 Å². The maximum absolute atomic E-state index is 13.9. The molecule has 0 spiro atoms. The van der Waals surface area contributed by atoms with Crippen LogP contribution in [0, 0.1) is 24.1 Å². The van der Waals surface area contributed by atoms with E-state index in [0.717, 1.165) is 6.07 Å². The van der Waals surface area contributed by atoms with Gasteiger partial charge >= 0.3 is 5.97 Å². The summed E-state index contributed by atoms with van der Waals surface area (Å²) in [5, 5.41) is 11.3. The molecule has 0 atom stereocenters. The van der Waals surface area contributed by atoms with Crippen LogP contribution in [0.4, 0.5) is 10.1 Å². The molecule has 0 heterocycles. The third kappa shape index (κ3) is 3.52. The highest BCUT2D eigenvalue weighted by atomic mass is 19.1. The van der Waals surface area contributed by atoms with E-state index in [9.17, 15) is 14.0 Å². The molecule has 0 aromatic heterocycles. The molecule has 5 nitrogen and oxygen atoms in total. The summed E-state index contributed by atoms with van der Waals surface area (Å²) in [4.78, 5) is 23.7. The van der Waals surface area contributed by atoms with Gasteiger partial charge in [0, 0.05) is 5.69 Å². The van der Waals surface area contributed by atoms with Crippen molar-refractivity contribution < 1.29 is 18.7 Å². The molecule has 2 rings (SSSR count). The average Bonchev–Trinajstić information content (AvgIpc) is 2.55. The van der Waals surface area contributed by atoms with Gasteiger partial charge in [-0.15, -0.1) is 0 Å². The SMILES string of the molecule is COC(=O)c1ccc(C)c(NC(=O)c2ccc(C#N)cc2F)c1. The zero-order chi connectivity index (χ0) is 17.0. The second-order valence-corrected chi connectivity index (χ2v) is 4.78. The molecule has 0 saturated heterocycles. The molecule has 116 valence electrons. The number of nitrogens with one attached hydrogen (secondary N) is 1. The fraction of sp³-hybridized carbons (Fsp3) is 0.118. The van der Waals surface area contributed by atoms with Crippen LogP contribution in [-0.2, 0) is 4.74 Å². The van der Waals surface area contributed by atoms with Crippen molar-refractivity contribution in [2.24, 2.45) is 0 Å². The Balaban J connectivity index is 2.30. The molecule has 6 heteroatoms. The summed E-state index contributed by atoms with van der Waals surface area (Å²) >= 11 is 0. The van der Waals surface area contributed by atoms with E-state index in [0.29, 0.717) is 11.3 Å². The van der Waals surface area contributed by atoms with Crippen LogP contribution >= 0.6 is 0 Å². The Kier molecular flexibility index (Phi) is 4.72. The molecule has 2 aromatic rings. The molecule has 0 aliphatic heterocycles. The van der Waals surface area contributed by atoms with Gasteiger partial charge in [0.15, 0.2) is 0 Å². The molecule has 0 bridgehead atoms. The summed E-state index contributed by atoms with van der Waals surface area (Å²) in [6.45, 7) is 1.74. The van der Waals surface area contributed by atoms with E-state index >= 15 is 0 Å². The number of hydrogen-bond donors (Lipinski definition) is 1. The van der Waals surface area contributed by atoms with Gasteiger partial charge in [0.25, 0.3) is 5.91 Å². The lowest BCUT2D eigenvalue weighted by atomic mass is 10.1. The lowest BCUT2D eigenvalue weighted by Gasteiger charge is -2.10. The van der Waals surface area contributed by atoms with E-state index in [2.05, 4.69) is 10.1 Å². The number of anilines is 1.